The number of anilines is 4. The lowest BCUT2D eigenvalue weighted by molar-refractivity contribution is 0.277. The maximum absolute atomic E-state index is 9.26. The minimum absolute atomic E-state index is 0.389. The highest BCUT2D eigenvalue weighted by molar-refractivity contribution is 5.59. The van der Waals surface area contributed by atoms with E-state index in [4.69, 9.17) is 15.0 Å². The summed E-state index contributed by atoms with van der Waals surface area (Å²) in [6.07, 6.45) is 10.2. The van der Waals surface area contributed by atoms with Crippen molar-refractivity contribution in [2.45, 2.75) is 76.8 Å². The number of hydrogen-bond acceptors (Lipinski definition) is 8. The molecule has 34 heavy (non-hydrogen) atoms. The molecule has 0 radical (unpaired) electrons. The molecule has 8 nitrogen and oxygen atoms in total. The molecule has 4 rings (SSSR count). The molecule has 1 saturated carbocycles. The van der Waals surface area contributed by atoms with Gasteiger partial charge in [-0.15, -0.1) is 0 Å². The van der Waals surface area contributed by atoms with Crippen LogP contribution in [0.1, 0.15) is 64.7 Å². The van der Waals surface area contributed by atoms with Crippen LogP contribution in [0.3, 0.4) is 0 Å². The summed E-state index contributed by atoms with van der Waals surface area (Å²) < 4.78 is 0. The molecule has 1 unspecified atom stereocenters. The zero-order chi connectivity index (χ0) is 23.6. The first kappa shape index (κ1) is 24.2. The van der Waals surface area contributed by atoms with Crippen molar-refractivity contribution in [2.75, 3.05) is 41.7 Å². The van der Waals surface area contributed by atoms with Crippen LogP contribution in [0, 0.1) is 11.3 Å². The Bertz CT molecular complexity index is 920. The van der Waals surface area contributed by atoms with Gasteiger partial charge < -0.3 is 15.5 Å². The Balaban J connectivity index is 1.60. The number of hydrogen-bond donors (Lipinski definition) is 2. The molecular weight excluding hydrogens is 424 g/mol. The Hall–Kier alpha value is -2.92. The quantitative estimate of drug-likeness (QED) is 0.479. The molecule has 2 aliphatic rings. The van der Waals surface area contributed by atoms with E-state index < -0.39 is 0 Å². The topological polar surface area (TPSA) is 93.0 Å². The normalized spacial score (nSPS) is 19.4. The maximum atomic E-state index is 9.26. The number of likely N-dealkylation sites (N-methyl/N-ethyl adjacent to an activating group) is 1. The van der Waals surface area contributed by atoms with Gasteiger partial charge in [0, 0.05) is 30.9 Å². The van der Waals surface area contributed by atoms with Crippen molar-refractivity contribution < 1.29 is 0 Å². The lowest BCUT2D eigenvalue weighted by Crippen LogP contribution is -2.35. The molecule has 0 amide bonds. The van der Waals surface area contributed by atoms with Crippen molar-refractivity contribution in [1.82, 2.24) is 19.9 Å². The smallest absolute Gasteiger partial charge is 0.236 e. The third kappa shape index (κ3) is 6.57. The molecule has 1 aromatic heterocycles. The van der Waals surface area contributed by atoms with Gasteiger partial charge in [-0.3, -0.25) is 4.90 Å². The first-order chi connectivity index (χ1) is 16.8. The third-order valence-electron chi connectivity index (χ3n) is 6.97. The Morgan fingerprint density at radius 2 is 1.76 bits per heavy atom. The van der Waals surface area contributed by atoms with E-state index in [1.165, 1.54) is 38.5 Å². The van der Waals surface area contributed by atoms with Crippen LogP contribution in [0.15, 0.2) is 30.3 Å². The molecule has 8 heteroatoms. The second-order valence-electron chi connectivity index (χ2n) is 9.32. The van der Waals surface area contributed by atoms with Crippen LogP contribution < -0.4 is 15.5 Å². The van der Waals surface area contributed by atoms with Crippen LogP contribution in [0.5, 0.6) is 0 Å². The summed E-state index contributed by atoms with van der Waals surface area (Å²) >= 11 is 0. The molecular formula is C26H38N8. The lowest BCUT2D eigenvalue weighted by Gasteiger charge is -2.25. The Morgan fingerprint density at radius 1 is 1.00 bits per heavy atom. The van der Waals surface area contributed by atoms with Gasteiger partial charge in [0.25, 0.3) is 0 Å². The highest BCUT2D eigenvalue weighted by Crippen LogP contribution is 2.26. The lowest BCUT2D eigenvalue weighted by atomic mass is 10.1. The molecule has 1 aliphatic carbocycles. The summed E-state index contributed by atoms with van der Waals surface area (Å²) in [6.45, 7) is 5.80. The average Bonchev–Trinajstić information content (AvgIpc) is 3.18. The van der Waals surface area contributed by atoms with Gasteiger partial charge in [-0.25, -0.2) is 0 Å². The van der Waals surface area contributed by atoms with Crippen molar-refractivity contribution >= 4 is 23.5 Å². The number of rotatable bonds is 10. The molecule has 1 saturated heterocycles. The molecule has 0 spiro atoms. The van der Waals surface area contributed by atoms with Crippen LogP contribution >= 0.6 is 0 Å². The van der Waals surface area contributed by atoms with Crippen molar-refractivity contribution in [3.63, 3.8) is 0 Å². The van der Waals surface area contributed by atoms with Crippen LogP contribution in [-0.4, -0.2) is 58.1 Å². The summed E-state index contributed by atoms with van der Waals surface area (Å²) in [5.74, 6) is 1.80. The first-order valence-electron chi connectivity index (χ1n) is 13.0. The number of para-hydroxylation sites is 1. The standard InChI is InChI=1S/C26H38N8/c1-2-33-18-10-16-23(33)20-28-24-30-25(29-21-12-6-3-4-7-13-21)32-26(31-24)34(19-11-17-27)22-14-8-5-9-15-22/h5,8-9,14-15,21,23H,2-4,6-7,10-13,16,18-20H2,1H3,(H2,28,29,30,31,32). The van der Waals surface area contributed by atoms with Crippen LogP contribution in [0.25, 0.3) is 0 Å². The number of nitrogens with one attached hydrogen (secondary N) is 2. The summed E-state index contributed by atoms with van der Waals surface area (Å²) in [6, 6.07) is 13.2. The summed E-state index contributed by atoms with van der Waals surface area (Å²) in [5.41, 5.74) is 0.975. The molecule has 2 N–H and O–H groups in total. The Kier molecular flexibility index (Phi) is 8.91. The van der Waals surface area contributed by atoms with E-state index in [1.807, 2.05) is 35.2 Å². The van der Waals surface area contributed by atoms with E-state index in [9.17, 15) is 5.26 Å². The van der Waals surface area contributed by atoms with Crippen molar-refractivity contribution in [1.29, 1.82) is 5.26 Å². The van der Waals surface area contributed by atoms with Gasteiger partial charge in [0.1, 0.15) is 0 Å². The van der Waals surface area contributed by atoms with E-state index in [1.54, 1.807) is 0 Å². The van der Waals surface area contributed by atoms with E-state index in [2.05, 4.69) is 28.5 Å². The fourth-order valence-electron chi connectivity index (χ4n) is 5.10. The molecule has 182 valence electrons. The number of nitrogens with zero attached hydrogens (tertiary/aromatic N) is 6. The number of aromatic nitrogens is 3. The fraction of sp³-hybridized carbons (Fsp3) is 0.615. The SMILES string of the molecule is CCN1CCCC1CNc1nc(NC2CCCCCC2)nc(N(CCC#N)c2ccccc2)n1. The number of nitriles is 1. The van der Waals surface area contributed by atoms with E-state index >= 15 is 0 Å². The predicted molar refractivity (Wildman–Crippen MR) is 137 cm³/mol. The fourth-order valence-corrected chi connectivity index (χ4v) is 5.10. The summed E-state index contributed by atoms with van der Waals surface area (Å²) in [5, 5.41) is 16.4. The zero-order valence-electron chi connectivity index (χ0n) is 20.4. The third-order valence-corrected chi connectivity index (χ3v) is 6.97. The van der Waals surface area contributed by atoms with Gasteiger partial charge in [0.15, 0.2) is 0 Å². The Labute approximate surface area is 203 Å². The van der Waals surface area contributed by atoms with Crippen molar-refractivity contribution in [2.24, 2.45) is 0 Å². The number of benzene rings is 1. The monoisotopic (exact) mass is 462 g/mol. The molecule has 2 aromatic rings. The molecule has 1 atom stereocenters. The molecule has 2 fully saturated rings. The Morgan fingerprint density at radius 3 is 2.50 bits per heavy atom. The predicted octanol–water partition coefficient (Wildman–Crippen LogP) is 4.95. The van der Waals surface area contributed by atoms with Gasteiger partial charge in [-0.2, -0.15) is 20.2 Å². The average molecular weight is 463 g/mol. The van der Waals surface area contributed by atoms with Crippen LogP contribution in [0.4, 0.5) is 23.5 Å². The van der Waals surface area contributed by atoms with Gasteiger partial charge >= 0.3 is 0 Å². The highest BCUT2D eigenvalue weighted by Gasteiger charge is 2.24. The highest BCUT2D eigenvalue weighted by atomic mass is 15.3. The van der Waals surface area contributed by atoms with Crippen LogP contribution in [-0.2, 0) is 0 Å². The van der Waals surface area contributed by atoms with Gasteiger partial charge in [-0.1, -0.05) is 50.8 Å². The molecule has 1 aliphatic heterocycles. The summed E-state index contributed by atoms with van der Waals surface area (Å²) in [4.78, 5) is 18.9. The molecule has 0 bridgehead atoms. The van der Waals surface area contributed by atoms with Gasteiger partial charge in [-0.05, 0) is 50.9 Å². The minimum atomic E-state index is 0.389. The maximum Gasteiger partial charge on any atom is 0.236 e. The minimum Gasteiger partial charge on any atom is -0.352 e. The van der Waals surface area contributed by atoms with Crippen molar-refractivity contribution in [3.05, 3.63) is 30.3 Å². The van der Waals surface area contributed by atoms with Gasteiger partial charge in [0.2, 0.25) is 17.8 Å². The van der Waals surface area contributed by atoms with Crippen LogP contribution in [0.2, 0.25) is 0 Å². The van der Waals surface area contributed by atoms with Crippen molar-refractivity contribution in [3.8, 4) is 6.07 Å². The van der Waals surface area contributed by atoms with E-state index in [0.29, 0.717) is 42.9 Å². The second kappa shape index (κ2) is 12.5. The van der Waals surface area contributed by atoms with E-state index in [-0.39, 0.29) is 0 Å². The molecule has 1 aromatic carbocycles. The summed E-state index contributed by atoms with van der Waals surface area (Å²) in [7, 11) is 0. The molecule has 2 heterocycles. The van der Waals surface area contributed by atoms with Gasteiger partial charge in [0.05, 0.1) is 12.5 Å². The zero-order valence-corrected chi connectivity index (χ0v) is 20.4. The number of likely N-dealkylation sites (tertiary alicyclic amines) is 1. The second-order valence-corrected chi connectivity index (χ2v) is 9.32. The van der Waals surface area contributed by atoms with E-state index in [0.717, 1.165) is 38.2 Å². The first-order valence-corrected chi connectivity index (χ1v) is 13.0. The largest absolute Gasteiger partial charge is 0.352 e.